The molecule has 0 aliphatic heterocycles. The average molecular weight is 282 g/mol. The molecule has 0 amide bonds. The van der Waals surface area contributed by atoms with Gasteiger partial charge in [-0.05, 0) is 6.92 Å². The van der Waals surface area contributed by atoms with Gasteiger partial charge in [-0.25, -0.2) is 13.9 Å². The molecular weight excluding hydrogens is 261 g/mol. The van der Waals surface area contributed by atoms with Gasteiger partial charge in [0.1, 0.15) is 6.54 Å². The van der Waals surface area contributed by atoms with Crippen LogP contribution in [0.4, 0.5) is 0 Å². The number of phosphoric ester groups is 1. The van der Waals surface area contributed by atoms with Crippen LogP contribution in [0.3, 0.4) is 0 Å². The number of nitrogens with zero attached hydrogens (tertiary/aromatic N) is 1. The topological polar surface area (TPSA) is 82.1 Å². The van der Waals surface area contributed by atoms with Crippen molar-refractivity contribution in [3.8, 4) is 0 Å². The van der Waals surface area contributed by atoms with Crippen LogP contribution < -0.4 is 0 Å². The van der Waals surface area contributed by atoms with E-state index in [0.717, 1.165) is 6.08 Å². The van der Waals surface area contributed by atoms with E-state index in [4.69, 9.17) is 9.26 Å². The minimum absolute atomic E-state index is 0.0142. The van der Waals surface area contributed by atoms with Crippen molar-refractivity contribution < 1.29 is 32.5 Å². The molecule has 0 aromatic heterocycles. The zero-order chi connectivity index (χ0) is 14.4. The first-order chi connectivity index (χ1) is 8.09. The molecule has 0 aliphatic rings. The number of carbonyl (C=O) groups is 1. The van der Waals surface area contributed by atoms with Crippen molar-refractivity contribution in [2.24, 2.45) is 0 Å². The third kappa shape index (κ3) is 8.38. The van der Waals surface area contributed by atoms with E-state index in [1.54, 1.807) is 6.92 Å². The summed E-state index contributed by atoms with van der Waals surface area (Å²) >= 11 is 0. The molecule has 7 nitrogen and oxygen atoms in total. The van der Waals surface area contributed by atoms with Gasteiger partial charge in [-0.2, -0.15) is 0 Å². The molecule has 106 valence electrons. The van der Waals surface area contributed by atoms with Crippen LogP contribution in [0.5, 0.6) is 0 Å². The number of esters is 1. The van der Waals surface area contributed by atoms with Crippen molar-refractivity contribution in [3.05, 3.63) is 12.7 Å². The number of likely N-dealkylation sites (N-methyl/N-ethyl adjacent to an activating group) is 1. The first-order valence-electron chi connectivity index (χ1n) is 5.39. The summed E-state index contributed by atoms with van der Waals surface area (Å²) in [5.41, 5.74) is 0. The summed E-state index contributed by atoms with van der Waals surface area (Å²) in [6, 6.07) is 0. The fourth-order valence-corrected chi connectivity index (χ4v) is 1.85. The third-order valence-electron chi connectivity index (χ3n) is 1.65. The van der Waals surface area contributed by atoms with Gasteiger partial charge in [0.05, 0.1) is 27.7 Å². The number of phosphoric acid groups is 1. The van der Waals surface area contributed by atoms with Gasteiger partial charge in [0.15, 0.2) is 0 Å². The Kier molecular flexibility index (Phi) is 6.73. The Morgan fingerprint density at radius 1 is 1.50 bits per heavy atom. The van der Waals surface area contributed by atoms with Crippen LogP contribution in [0.2, 0.25) is 0 Å². The summed E-state index contributed by atoms with van der Waals surface area (Å²) in [4.78, 5) is 20.5. The van der Waals surface area contributed by atoms with E-state index in [9.17, 15) is 14.3 Å². The number of rotatable bonds is 8. The number of hydrogen-bond donors (Lipinski definition) is 1. The second kappa shape index (κ2) is 7.01. The van der Waals surface area contributed by atoms with Gasteiger partial charge in [-0.1, -0.05) is 6.58 Å². The van der Waals surface area contributed by atoms with Gasteiger partial charge in [0, 0.05) is 6.08 Å². The Balaban J connectivity index is 4.71. The van der Waals surface area contributed by atoms with Crippen molar-refractivity contribution >= 4 is 13.8 Å². The Bertz CT molecular complexity index is 338. The monoisotopic (exact) mass is 282 g/mol. The van der Waals surface area contributed by atoms with Crippen LogP contribution in [-0.4, -0.2) is 55.9 Å². The predicted octanol–water partition coefficient (Wildman–Crippen LogP) is 0.901. The standard InChI is InChI=1S/C10H20NO6P/c1-6-9(12)16-10(8-11(3,4)5)17-18(13,14)15-7-2/h6,10H,1,7-8H2,2-5H3/p+1. The highest BCUT2D eigenvalue weighted by Gasteiger charge is 2.31. The molecule has 0 saturated carbocycles. The molecule has 2 atom stereocenters. The van der Waals surface area contributed by atoms with Gasteiger partial charge in [0.2, 0.25) is 0 Å². The van der Waals surface area contributed by atoms with Crippen LogP contribution in [0.15, 0.2) is 12.7 Å². The lowest BCUT2D eigenvalue weighted by molar-refractivity contribution is -0.875. The van der Waals surface area contributed by atoms with Gasteiger partial charge in [0.25, 0.3) is 6.29 Å². The lowest BCUT2D eigenvalue weighted by Gasteiger charge is -2.28. The SMILES string of the molecule is C=CC(=O)OC(C[N+](C)(C)C)OP(=O)(O)OCC. The van der Waals surface area contributed by atoms with Crippen LogP contribution in [-0.2, 0) is 23.1 Å². The maximum atomic E-state index is 11.5. The van der Waals surface area contributed by atoms with Crippen LogP contribution in [0.25, 0.3) is 0 Å². The average Bonchev–Trinajstić information content (AvgIpc) is 2.13. The maximum Gasteiger partial charge on any atom is 0.475 e. The smallest absolute Gasteiger partial charge is 0.426 e. The van der Waals surface area contributed by atoms with E-state index >= 15 is 0 Å². The lowest BCUT2D eigenvalue weighted by atomic mass is 10.5. The van der Waals surface area contributed by atoms with Crippen LogP contribution in [0.1, 0.15) is 6.92 Å². The van der Waals surface area contributed by atoms with E-state index in [2.05, 4.69) is 11.1 Å². The van der Waals surface area contributed by atoms with Crippen molar-refractivity contribution in [1.82, 2.24) is 0 Å². The minimum Gasteiger partial charge on any atom is -0.426 e. The molecule has 0 radical (unpaired) electrons. The molecule has 0 heterocycles. The Morgan fingerprint density at radius 3 is 2.44 bits per heavy atom. The largest absolute Gasteiger partial charge is 0.475 e. The fraction of sp³-hybridized carbons (Fsp3) is 0.700. The highest BCUT2D eigenvalue weighted by molar-refractivity contribution is 7.47. The molecule has 2 unspecified atom stereocenters. The van der Waals surface area contributed by atoms with E-state index in [0.29, 0.717) is 4.48 Å². The molecular formula is C10H21NO6P+. The molecule has 0 spiro atoms. The maximum absolute atomic E-state index is 11.5. The molecule has 18 heavy (non-hydrogen) atoms. The van der Waals surface area contributed by atoms with E-state index < -0.39 is 20.1 Å². The van der Waals surface area contributed by atoms with Gasteiger partial charge in [-0.15, -0.1) is 0 Å². The molecule has 0 saturated heterocycles. The third-order valence-corrected chi connectivity index (χ3v) is 2.74. The number of carbonyl (C=O) groups excluding carboxylic acids is 1. The molecule has 0 aromatic carbocycles. The van der Waals surface area contributed by atoms with Gasteiger partial charge < -0.3 is 14.1 Å². The molecule has 0 aliphatic carbocycles. The first-order valence-corrected chi connectivity index (χ1v) is 6.88. The highest BCUT2D eigenvalue weighted by atomic mass is 31.2. The molecule has 0 bridgehead atoms. The van der Waals surface area contributed by atoms with Gasteiger partial charge >= 0.3 is 13.8 Å². The highest BCUT2D eigenvalue weighted by Crippen LogP contribution is 2.44. The predicted molar refractivity (Wildman–Crippen MR) is 65.5 cm³/mol. The summed E-state index contributed by atoms with van der Waals surface area (Å²) in [6.45, 7) is 5.00. The summed E-state index contributed by atoms with van der Waals surface area (Å²) in [6.07, 6.45) is -0.229. The van der Waals surface area contributed by atoms with E-state index in [1.165, 1.54) is 0 Å². The van der Waals surface area contributed by atoms with Crippen molar-refractivity contribution in [1.29, 1.82) is 0 Å². The Morgan fingerprint density at radius 2 is 2.06 bits per heavy atom. The fourth-order valence-electron chi connectivity index (χ4n) is 1.06. The number of ether oxygens (including phenoxy) is 1. The normalized spacial score (nSPS) is 16.7. The first kappa shape index (κ1) is 17.3. The van der Waals surface area contributed by atoms with Crippen LogP contribution in [0, 0.1) is 0 Å². The second-order valence-corrected chi connectivity index (χ2v) is 5.94. The summed E-state index contributed by atoms with van der Waals surface area (Å²) < 4.78 is 26.1. The summed E-state index contributed by atoms with van der Waals surface area (Å²) in [7, 11) is 1.24. The molecule has 0 fully saturated rings. The summed E-state index contributed by atoms with van der Waals surface area (Å²) in [5, 5.41) is 0. The van der Waals surface area contributed by atoms with E-state index in [1.807, 2.05) is 21.1 Å². The van der Waals surface area contributed by atoms with E-state index in [-0.39, 0.29) is 13.2 Å². The minimum atomic E-state index is -4.22. The van der Waals surface area contributed by atoms with Crippen LogP contribution >= 0.6 is 7.82 Å². The molecule has 1 N–H and O–H groups in total. The van der Waals surface area contributed by atoms with Crippen molar-refractivity contribution in [2.45, 2.75) is 13.2 Å². The number of hydrogen-bond acceptors (Lipinski definition) is 5. The summed E-state index contributed by atoms with van der Waals surface area (Å²) in [5.74, 6) is -0.732. The van der Waals surface area contributed by atoms with Crippen molar-refractivity contribution in [3.63, 3.8) is 0 Å². The molecule has 0 rings (SSSR count). The Labute approximate surface area is 107 Å². The quantitative estimate of drug-likeness (QED) is 0.234. The zero-order valence-electron chi connectivity index (χ0n) is 11.2. The second-order valence-electron chi connectivity index (χ2n) is 4.54. The molecule has 0 aromatic rings. The number of quaternary nitrogens is 1. The Hall–Kier alpha value is -0.720. The van der Waals surface area contributed by atoms with Gasteiger partial charge in [-0.3, -0.25) is 4.52 Å². The zero-order valence-corrected chi connectivity index (χ0v) is 12.1. The molecule has 8 heteroatoms. The lowest BCUT2D eigenvalue weighted by Crippen LogP contribution is -2.43. The van der Waals surface area contributed by atoms with Crippen molar-refractivity contribution in [2.75, 3.05) is 34.3 Å².